The standard InChI is InChI=1S/C21H27N3O4/c1-26-18-10-14(11-19(27-2)21(18)28-3)12-23-20(25)13-24-9-5-6-15-16(22)7-4-8-17(15)24/h4,7-8,10-11H,5-6,9,12-13,22H2,1-3H3,(H,23,25). The topological polar surface area (TPSA) is 86.1 Å². The average Bonchev–Trinajstić information content (AvgIpc) is 2.72. The van der Waals surface area contributed by atoms with Gasteiger partial charge in [0.25, 0.3) is 0 Å². The first-order valence-corrected chi connectivity index (χ1v) is 9.25. The number of fused-ring (bicyclic) bond motifs is 1. The Morgan fingerprint density at radius 1 is 1.14 bits per heavy atom. The number of methoxy groups -OCH3 is 3. The summed E-state index contributed by atoms with van der Waals surface area (Å²) in [5, 5.41) is 2.97. The Kier molecular flexibility index (Phi) is 6.13. The zero-order valence-electron chi connectivity index (χ0n) is 16.6. The molecule has 1 aliphatic rings. The minimum atomic E-state index is -0.0518. The van der Waals surface area contributed by atoms with E-state index in [1.807, 2.05) is 30.3 Å². The average molecular weight is 385 g/mol. The third kappa shape index (κ3) is 4.08. The number of carbonyl (C=O) groups is 1. The van der Waals surface area contributed by atoms with E-state index in [0.29, 0.717) is 30.3 Å². The number of hydrogen-bond acceptors (Lipinski definition) is 6. The second kappa shape index (κ2) is 8.73. The number of nitrogens with two attached hydrogens (primary N) is 1. The molecule has 3 N–H and O–H groups in total. The lowest BCUT2D eigenvalue weighted by Crippen LogP contribution is -2.39. The molecular weight excluding hydrogens is 358 g/mol. The fourth-order valence-corrected chi connectivity index (χ4v) is 3.56. The molecule has 150 valence electrons. The molecule has 7 nitrogen and oxygen atoms in total. The maximum absolute atomic E-state index is 12.5. The highest BCUT2D eigenvalue weighted by Crippen LogP contribution is 2.38. The minimum absolute atomic E-state index is 0.0518. The normalized spacial score (nSPS) is 12.9. The van der Waals surface area contributed by atoms with Crippen LogP contribution in [0.4, 0.5) is 11.4 Å². The minimum Gasteiger partial charge on any atom is -0.493 e. The molecule has 0 aliphatic carbocycles. The van der Waals surface area contributed by atoms with E-state index in [4.69, 9.17) is 19.9 Å². The summed E-state index contributed by atoms with van der Waals surface area (Å²) in [6.45, 7) is 1.50. The first-order valence-electron chi connectivity index (χ1n) is 9.25. The van der Waals surface area contributed by atoms with Crippen LogP contribution in [0.25, 0.3) is 0 Å². The number of carbonyl (C=O) groups excluding carboxylic acids is 1. The second-order valence-electron chi connectivity index (χ2n) is 6.68. The Bertz CT molecular complexity index is 829. The summed E-state index contributed by atoms with van der Waals surface area (Å²) in [7, 11) is 4.70. The Labute approximate surface area is 165 Å². The number of rotatable bonds is 7. The quantitative estimate of drug-likeness (QED) is 0.712. The fraction of sp³-hybridized carbons (Fsp3) is 0.381. The zero-order valence-corrected chi connectivity index (χ0v) is 16.6. The van der Waals surface area contributed by atoms with E-state index >= 15 is 0 Å². The maximum Gasteiger partial charge on any atom is 0.239 e. The lowest BCUT2D eigenvalue weighted by Gasteiger charge is -2.31. The van der Waals surface area contributed by atoms with Crippen molar-refractivity contribution in [2.75, 3.05) is 45.1 Å². The van der Waals surface area contributed by atoms with E-state index in [2.05, 4.69) is 10.2 Å². The number of ether oxygens (including phenoxy) is 3. The van der Waals surface area contributed by atoms with E-state index in [1.165, 1.54) is 0 Å². The smallest absolute Gasteiger partial charge is 0.239 e. The van der Waals surface area contributed by atoms with Crippen molar-refractivity contribution >= 4 is 17.3 Å². The lowest BCUT2D eigenvalue weighted by atomic mass is 10.00. The number of amides is 1. The van der Waals surface area contributed by atoms with Crippen molar-refractivity contribution in [2.45, 2.75) is 19.4 Å². The summed E-state index contributed by atoms with van der Waals surface area (Å²) in [4.78, 5) is 14.6. The molecule has 3 rings (SSSR count). The molecule has 1 aliphatic heterocycles. The van der Waals surface area contributed by atoms with Crippen LogP contribution in [0, 0.1) is 0 Å². The van der Waals surface area contributed by atoms with Crippen molar-refractivity contribution in [3.05, 3.63) is 41.5 Å². The van der Waals surface area contributed by atoms with Gasteiger partial charge in [-0.1, -0.05) is 6.07 Å². The lowest BCUT2D eigenvalue weighted by molar-refractivity contribution is -0.119. The van der Waals surface area contributed by atoms with Gasteiger partial charge >= 0.3 is 0 Å². The van der Waals surface area contributed by atoms with Crippen LogP contribution in [0.3, 0.4) is 0 Å². The van der Waals surface area contributed by atoms with Crippen LogP contribution in [0.5, 0.6) is 17.2 Å². The largest absolute Gasteiger partial charge is 0.493 e. The Hall–Kier alpha value is -3.09. The first kappa shape index (κ1) is 19.7. The first-order chi connectivity index (χ1) is 13.6. The van der Waals surface area contributed by atoms with Crippen LogP contribution in [-0.2, 0) is 17.8 Å². The molecule has 0 fully saturated rings. The molecule has 1 heterocycles. The second-order valence-corrected chi connectivity index (χ2v) is 6.68. The third-order valence-corrected chi connectivity index (χ3v) is 4.93. The molecule has 7 heteroatoms. The SMILES string of the molecule is COc1cc(CNC(=O)CN2CCCc3c(N)cccc32)cc(OC)c1OC. The molecule has 0 aromatic heterocycles. The molecule has 28 heavy (non-hydrogen) atoms. The fourth-order valence-electron chi connectivity index (χ4n) is 3.56. The molecule has 2 aromatic rings. The van der Waals surface area contributed by atoms with E-state index in [9.17, 15) is 4.79 Å². The van der Waals surface area contributed by atoms with Crippen LogP contribution in [-0.4, -0.2) is 40.3 Å². The van der Waals surface area contributed by atoms with Gasteiger partial charge in [-0.2, -0.15) is 0 Å². The number of nitrogens with zero attached hydrogens (tertiary/aromatic N) is 1. The van der Waals surface area contributed by atoms with Crippen molar-refractivity contribution in [2.24, 2.45) is 0 Å². The van der Waals surface area contributed by atoms with Crippen molar-refractivity contribution in [3.8, 4) is 17.2 Å². The predicted molar refractivity (Wildman–Crippen MR) is 109 cm³/mol. The summed E-state index contributed by atoms with van der Waals surface area (Å²) in [5.41, 5.74) is 9.93. The van der Waals surface area contributed by atoms with Gasteiger partial charge in [0.1, 0.15) is 0 Å². The Balaban J connectivity index is 1.67. The Morgan fingerprint density at radius 2 is 1.86 bits per heavy atom. The highest BCUT2D eigenvalue weighted by Gasteiger charge is 2.20. The summed E-state index contributed by atoms with van der Waals surface area (Å²) >= 11 is 0. The molecule has 2 aromatic carbocycles. The highest BCUT2D eigenvalue weighted by atomic mass is 16.5. The summed E-state index contributed by atoms with van der Waals surface area (Å²) in [6.07, 6.45) is 1.94. The summed E-state index contributed by atoms with van der Waals surface area (Å²) in [5.74, 6) is 1.60. The van der Waals surface area contributed by atoms with Gasteiger partial charge in [-0.15, -0.1) is 0 Å². The van der Waals surface area contributed by atoms with Crippen LogP contribution >= 0.6 is 0 Å². The molecule has 1 amide bonds. The van der Waals surface area contributed by atoms with Gasteiger partial charge in [0.05, 0.1) is 27.9 Å². The maximum atomic E-state index is 12.5. The van der Waals surface area contributed by atoms with Crippen LogP contribution in [0.1, 0.15) is 17.5 Å². The van der Waals surface area contributed by atoms with Gasteiger partial charge in [-0.3, -0.25) is 4.79 Å². The van der Waals surface area contributed by atoms with Crippen molar-refractivity contribution in [1.82, 2.24) is 5.32 Å². The molecule has 0 bridgehead atoms. The van der Waals surface area contributed by atoms with E-state index in [-0.39, 0.29) is 5.91 Å². The number of anilines is 2. The number of nitrogens with one attached hydrogen (secondary N) is 1. The Morgan fingerprint density at radius 3 is 2.50 bits per heavy atom. The molecule has 0 saturated heterocycles. The van der Waals surface area contributed by atoms with Gasteiger partial charge in [0.2, 0.25) is 11.7 Å². The van der Waals surface area contributed by atoms with Gasteiger partial charge in [-0.25, -0.2) is 0 Å². The van der Waals surface area contributed by atoms with Gasteiger partial charge < -0.3 is 30.2 Å². The summed E-state index contributed by atoms with van der Waals surface area (Å²) in [6, 6.07) is 9.53. The number of benzene rings is 2. The van der Waals surface area contributed by atoms with Crippen LogP contribution in [0.2, 0.25) is 0 Å². The van der Waals surface area contributed by atoms with E-state index in [1.54, 1.807) is 21.3 Å². The van der Waals surface area contributed by atoms with Gasteiger partial charge in [0, 0.05) is 24.5 Å². The highest BCUT2D eigenvalue weighted by molar-refractivity contribution is 5.82. The zero-order chi connectivity index (χ0) is 20.1. The van der Waals surface area contributed by atoms with Crippen molar-refractivity contribution in [3.63, 3.8) is 0 Å². The molecule has 0 spiro atoms. The third-order valence-electron chi connectivity index (χ3n) is 4.93. The van der Waals surface area contributed by atoms with E-state index < -0.39 is 0 Å². The van der Waals surface area contributed by atoms with Crippen LogP contribution < -0.4 is 30.2 Å². The monoisotopic (exact) mass is 385 g/mol. The van der Waals surface area contributed by atoms with Gasteiger partial charge in [0.15, 0.2) is 11.5 Å². The predicted octanol–water partition coefficient (Wildman–Crippen LogP) is 2.36. The van der Waals surface area contributed by atoms with Crippen molar-refractivity contribution < 1.29 is 19.0 Å². The molecule has 0 saturated carbocycles. The molecule has 0 atom stereocenters. The number of nitrogen functional groups attached to an aromatic ring is 1. The van der Waals surface area contributed by atoms with E-state index in [0.717, 1.165) is 41.9 Å². The van der Waals surface area contributed by atoms with Crippen LogP contribution in [0.15, 0.2) is 30.3 Å². The van der Waals surface area contributed by atoms with Crippen molar-refractivity contribution in [1.29, 1.82) is 0 Å². The summed E-state index contributed by atoms with van der Waals surface area (Å²) < 4.78 is 16.0. The molecular formula is C21H27N3O4. The number of hydrogen-bond donors (Lipinski definition) is 2. The molecule has 0 unspecified atom stereocenters. The molecule has 0 radical (unpaired) electrons. The van der Waals surface area contributed by atoms with Gasteiger partial charge in [-0.05, 0) is 48.2 Å².